The van der Waals surface area contributed by atoms with E-state index < -0.39 is 8.32 Å². The standard InChI is InChI=1S/C23H32O2Si/c1-5-20(19-24)13-12-18-25-26(23(2,3)4,21-14-8-6-9-15-21)22-16-10-7-11-17-22/h6-11,14-17,19-20H,5,12-13,18H2,1-4H3. The molecule has 0 aliphatic rings. The number of hydrogen-bond donors (Lipinski definition) is 0. The topological polar surface area (TPSA) is 26.3 Å². The van der Waals surface area contributed by atoms with E-state index >= 15 is 0 Å². The fraction of sp³-hybridized carbons (Fsp3) is 0.435. The Hall–Kier alpha value is -1.71. The van der Waals surface area contributed by atoms with Crippen LogP contribution in [0.2, 0.25) is 5.04 Å². The number of rotatable bonds is 9. The van der Waals surface area contributed by atoms with Crippen molar-refractivity contribution in [2.24, 2.45) is 5.92 Å². The number of aldehydes is 1. The van der Waals surface area contributed by atoms with E-state index in [1.165, 1.54) is 10.4 Å². The third-order valence-corrected chi connectivity index (χ3v) is 10.2. The van der Waals surface area contributed by atoms with Gasteiger partial charge in [-0.05, 0) is 34.7 Å². The maximum Gasteiger partial charge on any atom is 0.261 e. The van der Waals surface area contributed by atoms with Crippen LogP contribution in [0.5, 0.6) is 0 Å². The SMILES string of the molecule is CCC(C=O)CCCO[Si](c1ccccc1)(c1ccccc1)C(C)(C)C. The van der Waals surface area contributed by atoms with Crippen LogP contribution in [0, 0.1) is 5.92 Å². The normalized spacial score (nSPS) is 13.4. The van der Waals surface area contributed by atoms with Gasteiger partial charge in [-0.3, -0.25) is 0 Å². The molecule has 0 aliphatic carbocycles. The molecule has 0 saturated carbocycles. The Morgan fingerprint density at radius 3 is 1.85 bits per heavy atom. The largest absolute Gasteiger partial charge is 0.407 e. The molecule has 0 amide bonds. The molecule has 3 heteroatoms. The minimum atomic E-state index is -2.43. The Morgan fingerprint density at radius 2 is 1.46 bits per heavy atom. The summed E-state index contributed by atoms with van der Waals surface area (Å²) in [5, 5.41) is 2.62. The van der Waals surface area contributed by atoms with Crippen LogP contribution in [-0.4, -0.2) is 21.2 Å². The van der Waals surface area contributed by atoms with Gasteiger partial charge in [0.25, 0.3) is 8.32 Å². The zero-order valence-electron chi connectivity index (χ0n) is 16.6. The molecule has 1 atom stereocenters. The second kappa shape index (κ2) is 9.29. The van der Waals surface area contributed by atoms with Crippen LogP contribution in [0.3, 0.4) is 0 Å². The van der Waals surface area contributed by atoms with Gasteiger partial charge >= 0.3 is 0 Å². The summed E-state index contributed by atoms with van der Waals surface area (Å²) in [4.78, 5) is 11.1. The van der Waals surface area contributed by atoms with E-state index in [4.69, 9.17) is 4.43 Å². The summed E-state index contributed by atoms with van der Waals surface area (Å²) in [7, 11) is -2.43. The molecule has 0 N–H and O–H groups in total. The average molecular weight is 369 g/mol. The molecule has 140 valence electrons. The predicted molar refractivity (Wildman–Crippen MR) is 113 cm³/mol. The smallest absolute Gasteiger partial charge is 0.261 e. The summed E-state index contributed by atoms with van der Waals surface area (Å²) in [5.74, 6) is 0.151. The summed E-state index contributed by atoms with van der Waals surface area (Å²) < 4.78 is 6.83. The summed E-state index contributed by atoms with van der Waals surface area (Å²) in [6.45, 7) is 9.64. The van der Waals surface area contributed by atoms with Crippen LogP contribution >= 0.6 is 0 Å². The van der Waals surface area contributed by atoms with Crippen molar-refractivity contribution in [3.05, 3.63) is 60.7 Å². The van der Waals surface area contributed by atoms with Gasteiger partial charge < -0.3 is 9.22 Å². The van der Waals surface area contributed by atoms with E-state index in [0.717, 1.165) is 25.5 Å². The average Bonchev–Trinajstić information content (AvgIpc) is 2.65. The molecule has 0 bridgehead atoms. The highest BCUT2D eigenvalue weighted by molar-refractivity contribution is 6.99. The van der Waals surface area contributed by atoms with E-state index in [-0.39, 0.29) is 11.0 Å². The van der Waals surface area contributed by atoms with Crippen LogP contribution in [0.4, 0.5) is 0 Å². The highest BCUT2D eigenvalue weighted by Gasteiger charge is 2.49. The molecular weight excluding hydrogens is 336 g/mol. The molecule has 2 aromatic rings. The second-order valence-electron chi connectivity index (χ2n) is 7.96. The molecule has 0 spiro atoms. The van der Waals surface area contributed by atoms with Gasteiger partial charge in [-0.1, -0.05) is 88.4 Å². The molecule has 0 heterocycles. The fourth-order valence-corrected chi connectivity index (χ4v) is 8.31. The molecule has 1 unspecified atom stereocenters. The highest BCUT2D eigenvalue weighted by Crippen LogP contribution is 2.36. The monoisotopic (exact) mass is 368 g/mol. The lowest BCUT2D eigenvalue weighted by Gasteiger charge is -2.43. The van der Waals surface area contributed by atoms with Gasteiger partial charge in [-0.2, -0.15) is 0 Å². The third-order valence-electron chi connectivity index (χ3n) is 5.17. The Morgan fingerprint density at radius 1 is 0.962 bits per heavy atom. The lowest BCUT2D eigenvalue weighted by atomic mass is 10.0. The summed E-state index contributed by atoms with van der Waals surface area (Å²) in [6, 6.07) is 21.4. The Bertz CT molecular complexity index is 622. The summed E-state index contributed by atoms with van der Waals surface area (Å²) in [6.07, 6.45) is 3.81. The molecule has 0 aromatic heterocycles. The fourth-order valence-electron chi connectivity index (χ4n) is 3.70. The van der Waals surface area contributed by atoms with Gasteiger partial charge in [-0.15, -0.1) is 0 Å². The number of carbonyl (C=O) groups excluding carboxylic acids is 1. The Labute approximate surface area is 159 Å². The zero-order chi connectivity index (χ0) is 19.0. The van der Waals surface area contributed by atoms with Crippen LogP contribution < -0.4 is 10.4 Å². The van der Waals surface area contributed by atoms with Crippen LogP contribution in [0.15, 0.2) is 60.7 Å². The molecule has 0 fully saturated rings. The van der Waals surface area contributed by atoms with E-state index in [0.29, 0.717) is 6.61 Å². The van der Waals surface area contributed by atoms with Crippen molar-refractivity contribution in [3.63, 3.8) is 0 Å². The van der Waals surface area contributed by atoms with Gasteiger partial charge in [0.1, 0.15) is 6.29 Å². The van der Waals surface area contributed by atoms with Crippen molar-refractivity contribution >= 4 is 25.0 Å². The van der Waals surface area contributed by atoms with Crippen LogP contribution in [0.1, 0.15) is 47.0 Å². The van der Waals surface area contributed by atoms with Gasteiger partial charge in [0, 0.05) is 12.5 Å². The van der Waals surface area contributed by atoms with Crippen LogP contribution in [0.25, 0.3) is 0 Å². The maximum atomic E-state index is 11.1. The number of hydrogen-bond acceptors (Lipinski definition) is 2. The van der Waals surface area contributed by atoms with Crippen molar-refractivity contribution < 1.29 is 9.22 Å². The Kier molecular flexibility index (Phi) is 7.36. The molecule has 0 radical (unpaired) electrons. The predicted octanol–water partition coefficient (Wildman–Crippen LogP) is 4.57. The van der Waals surface area contributed by atoms with Crippen molar-refractivity contribution in [1.82, 2.24) is 0 Å². The van der Waals surface area contributed by atoms with E-state index in [2.05, 4.69) is 88.4 Å². The van der Waals surface area contributed by atoms with Crippen LogP contribution in [-0.2, 0) is 9.22 Å². The highest BCUT2D eigenvalue weighted by atomic mass is 28.4. The quantitative estimate of drug-likeness (QED) is 0.368. The minimum absolute atomic E-state index is 0.00449. The zero-order valence-corrected chi connectivity index (χ0v) is 17.6. The lowest BCUT2D eigenvalue weighted by molar-refractivity contribution is -0.111. The molecule has 2 nitrogen and oxygen atoms in total. The van der Waals surface area contributed by atoms with Crippen molar-refractivity contribution in [2.75, 3.05) is 6.61 Å². The van der Waals surface area contributed by atoms with Gasteiger partial charge in [-0.25, -0.2) is 0 Å². The van der Waals surface area contributed by atoms with Crippen molar-refractivity contribution in [3.8, 4) is 0 Å². The molecular formula is C23H32O2Si. The first-order valence-electron chi connectivity index (χ1n) is 9.66. The number of benzene rings is 2. The molecule has 0 aliphatic heterocycles. The van der Waals surface area contributed by atoms with Crippen molar-refractivity contribution in [1.29, 1.82) is 0 Å². The van der Waals surface area contributed by atoms with Gasteiger partial charge in [0.05, 0.1) is 0 Å². The number of carbonyl (C=O) groups is 1. The molecule has 2 rings (SSSR count). The van der Waals surface area contributed by atoms with Crippen molar-refractivity contribution in [2.45, 2.75) is 52.0 Å². The maximum absolute atomic E-state index is 11.1. The molecule has 2 aromatic carbocycles. The molecule has 26 heavy (non-hydrogen) atoms. The first-order valence-corrected chi connectivity index (χ1v) is 11.6. The van der Waals surface area contributed by atoms with Gasteiger partial charge in [0.15, 0.2) is 0 Å². The molecule has 0 saturated heterocycles. The van der Waals surface area contributed by atoms with E-state index in [9.17, 15) is 4.79 Å². The van der Waals surface area contributed by atoms with E-state index in [1.807, 2.05) is 0 Å². The first-order chi connectivity index (χ1) is 12.5. The summed E-state index contributed by atoms with van der Waals surface area (Å²) in [5.41, 5.74) is 0. The van der Waals surface area contributed by atoms with E-state index in [1.54, 1.807) is 0 Å². The van der Waals surface area contributed by atoms with Gasteiger partial charge in [0.2, 0.25) is 0 Å². The first kappa shape index (κ1) is 20.6. The lowest BCUT2D eigenvalue weighted by Crippen LogP contribution is -2.66. The summed E-state index contributed by atoms with van der Waals surface area (Å²) >= 11 is 0. The minimum Gasteiger partial charge on any atom is -0.407 e. The Balaban J connectivity index is 2.36. The third kappa shape index (κ3) is 4.52. The second-order valence-corrected chi connectivity index (χ2v) is 12.3.